The SMILES string of the molecule is CCc1ccc2nc(C)c(C(=O)O)c(N)c2c1OC1CCCCC1. The summed E-state index contributed by atoms with van der Waals surface area (Å²) in [5.74, 6) is -0.334. The highest BCUT2D eigenvalue weighted by atomic mass is 16.5. The average Bonchev–Trinajstić information content (AvgIpc) is 2.55. The first-order valence-corrected chi connectivity index (χ1v) is 8.64. The number of nitrogen functional groups attached to an aromatic ring is 1. The van der Waals surface area contributed by atoms with E-state index >= 15 is 0 Å². The van der Waals surface area contributed by atoms with Crippen molar-refractivity contribution in [2.24, 2.45) is 0 Å². The fourth-order valence-electron chi connectivity index (χ4n) is 3.56. The van der Waals surface area contributed by atoms with E-state index < -0.39 is 5.97 Å². The molecule has 1 aliphatic carbocycles. The molecule has 0 bridgehead atoms. The summed E-state index contributed by atoms with van der Waals surface area (Å²) >= 11 is 0. The quantitative estimate of drug-likeness (QED) is 0.882. The standard InChI is InChI=1S/C19H24N2O3/c1-3-12-9-10-14-16(17(20)15(19(22)23)11(2)21-14)18(12)24-13-7-5-4-6-8-13/h9-10,13H,3-8H2,1-2H3,(H2,20,21)(H,22,23). The maximum Gasteiger partial charge on any atom is 0.339 e. The molecular weight excluding hydrogens is 304 g/mol. The van der Waals surface area contributed by atoms with Crippen LogP contribution in [0.2, 0.25) is 0 Å². The van der Waals surface area contributed by atoms with E-state index in [4.69, 9.17) is 10.5 Å². The molecule has 1 heterocycles. The van der Waals surface area contributed by atoms with Crippen LogP contribution in [0, 0.1) is 6.92 Å². The smallest absolute Gasteiger partial charge is 0.339 e. The van der Waals surface area contributed by atoms with Crippen molar-refractivity contribution in [2.45, 2.75) is 58.5 Å². The van der Waals surface area contributed by atoms with Gasteiger partial charge in [-0.15, -0.1) is 0 Å². The minimum atomic E-state index is -1.05. The lowest BCUT2D eigenvalue weighted by atomic mass is 9.97. The van der Waals surface area contributed by atoms with Crippen LogP contribution in [0.4, 0.5) is 5.69 Å². The van der Waals surface area contributed by atoms with Gasteiger partial charge in [0.05, 0.1) is 28.4 Å². The second-order valence-electron chi connectivity index (χ2n) is 6.47. The fourth-order valence-corrected chi connectivity index (χ4v) is 3.56. The van der Waals surface area contributed by atoms with Crippen LogP contribution in [-0.2, 0) is 6.42 Å². The highest BCUT2D eigenvalue weighted by molar-refractivity contribution is 6.07. The van der Waals surface area contributed by atoms with Crippen LogP contribution in [0.25, 0.3) is 10.9 Å². The molecule has 1 aromatic heterocycles. The van der Waals surface area contributed by atoms with Crippen LogP contribution in [0.15, 0.2) is 12.1 Å². The Hall–Kier alpha value is -2.30. The van der Waals surface area contributed by atoms with Gasteiger partial charge in [0.1, 0.15) is 11.3 Å². The number of benzene rings is 1. The summed E-state index contributed by atoms with van der Waals surface area (Å²) in [6.45, 7) is 3.74. The van der Waals surface area contributed by atoms with Crippen molar-refractivity contribution in [3.05, 3.63) is 29.0 Å². The summed E-state index contributed by atoms with van der Waals surface area (Å²) in [7, 11) is 0. The van der Waals surface area contributed by atoms with Crippen LogP contribution in [-0.4, -0.2) is 22.2 Å². The van der Waals surface area contributed by atoms with Gasteiger partial charge in [-0.25, -0.2) is 4.79 Å². The van der Waals surface area contributed by atoms with Crippen molar-refractivity contribution in [1.29, 1.82) is 0 Å². The number of rotatable bonds is 4. The molecule has 5 nitrogen and oxygen atoms in total. The zero-order valence-electron chi connectivity index (χ0n) is 14.3. The number of aromatic carboxylic acids is 1. The predicted octanol–water partition coefficient (Wildman–Crippen LogP) is 4.10. The number of ether oxygens (including phenoxy) is 1. The minimum Gasteiger partial charge on any atom is -0.489 e. The highest BCUT2D eigenvalue weighted by Gasteiger charge is 2.23. The summed E-state index contributed by atoms with van der Waals surface area (Å²) in [5.41, 5.74) is 8.75. The molecule has 0 amide bonds. The van der Waals surface area contributed by atoms with E-state index in [9.17, 15) is 9.90 Å². The van der Waals surface area contributed by atoms with Gasteiger partial charge in [-0.05, 0) is 50.7 Å². The first-order valence-electron chi connectivity index (χ1n) is 8.64. The molecule has 1 saturated carbocycles. The number of pyridine rings is 1. The number of carboxylic acid groups (broad SMARTS) is 1. The number of aryl methyl sites for hydroxylation is 2. The van der Waals surface area contributed by atoms with Crippen molar-refractivity contribution in [2.75, 3.05) is 5.73 Å². The number of carboxylic acids is 1. The minimum absolute atomic E-state index is 0.0734. The third-order valence-corrected chi connectivity index (χ3v) is 4.84. The number of anilines is 1. The average molecular weight is 328 g/mol. The van der Waals surface area contributed by atoms with E-state index in [2.05, 4.69) is 11.9 Å². The monoisotopic (exact) mass is 328 g/mol. The molecule has 0 saturated heterocycles. The molecular formula is C19H24N2O3. The lowest BCUT2D eigenvalue weighted by Crippen LogP contribution is -2.21. The predicted molar refractivity (Wildman–Crippen MR) is 94.7 cm³/mol. The Morgan fingerprint density at radius 1 is 1.33 bits per heavy atom. The third kappa shape index (κ3) is 2.90. The van der Waals surface area contributed by atoms with Gasteiger partial charge >= 0.3 is 5.97 Å². The van der Waals surface area contributed by atoms with Crippen molar-refractivity contribution in [3.63, 3.8) is 0 Å². The number of nitrogens with two attached hydrogens (primary N) is 1. The van der Waals surface area contributed by atoms with E-state index in [0.29, 0.717) is 16.6 Å². The zero-order chi connectivity index (χ0) is 17.3. The number of nitrogens with zero attached hydrogens (tertiary/aromatic N) is 1. The Bertz CT molecular complexity index is 780. The van der Waals surface area contributed by atoms with Gasteiger partial charge in [0.15, 0.2) is 0 Å². The normalized spacial score (nSPS) is 15.6. The molecule has 3 N–H and O–H groups in total. The Balaban J connectivity index is 2.19. The Kier molecular flexibility index (Phi) is 4.60. The zero-order valence-corrected chi connectivity index (χ0v) is 14.3. The van der Waals surface area contributed by atoms with Gasteiger partial charge in [0.2, 0.25) is 0 Å². The summed E-state index contributed by atoms with van der Waals surface area (Å²) < 4.78 is 6.33. The van der Waals surface area contributed by atoms with Crippen LogP contribution >= 0.6 is 0 Å². The van der Waals surface area contributed by atoms with Gasteiger partial charge < -0.3 is 15.6 Å². The van der Waals surface area contributed by atoms with Crippen molar-refractivity contribution < 1.29 is 14.6 Å². The lowest BCUT2D eigenvalue weighted by molar-refractivity contribution is 0.0697. The number of aromatic nitrogens is 1. The molecule has 0 atom stereocenters. The molecule has 2 aromatic rings. The molecule has 0 unspecified atom stereocenters. The van der Waals surface area contributed by atoms with E-state index in [1.165, 1.54) is 19.3 Å². The molecule has 1 aliphatic rings. The Labute approximate surface area is 141 Å². The topological polar surface area (TPSA) is 85.4 Å². The maximum absolute atomic E-state index is 11.6. The molecule has 0 spiro atoms. The summed E-state index contributed by atoms with van der Waals surface area (Å²) in [4.78, 5) is 16.0. The number of fused-ring (bicyclic) bond motifs is 1. The Morgan fingerprint density at radius 2 is 2.04 bits per heavy atom. The van der Waals surface area contributed by atoms with Gasteiger partial charge in [-0.2, -0.15) is 0 Å². The highest BCUT2D eigenvalue weighted by Crippen LogP contribution is 2.38. The molecule has 5 heteroatoms. The second-order valence-corrected chi connectivity index (χ2v) is 6.47. The van der Waals surface area contributed by atoms with Crippen molar-refractivity contribution >= 4 is 22.6 Å². The van der Waals surface area contributed by atoms with Crippen molar-refractivity contribution in [3.8, 4) is 5.75 Å². The van der Waals surface area contributed by atoms with E-state index in [0.717, 1.165) is 30.6 Å². The van der Waals surface area contributed by atoms with Gasteiger partial charge in [0.25, 0.3) is 0 Å². The summed E-state index contributed by atoms with van der Waals surface area (Å²) in [6.07, 6.45) is 6.63. The van der Waals surface area contributed by atoms with Gasteiger partial charge in [-0.3, -0.25) is 4.98 Å². The number of hydrogen-bond acceptors (Lipinski definition) is 4. The molecule has 0 aliphatic heterocycles. The van der Waals surface area contributed by atoms with Crippen molar-refractivity contribution in [1.82, 2.24) is 4.98 Å². The van der Waals surface area contributed by atoms with Gasteiger partial charge in [-0.1, -0.05) is 19.4 Å². The van der Waals surface area contributed by atoms with E-state index in [-0.39, 0.29) is 17.4 Å². The summed E-state index contributed by atoms with van der Waals surface area (Å²) in [6, 6.07) is 3.91. The molecule has 1 fully saturated rings. The third-order valence-electron chi connectivity index (χ3n) is 4.84. The number of carbonyl (C=O) groups is 1. The van der Waals surface area contributed by atoms with Crippen LogP contribution in [0.5, 0.6) is 5.75 Å². The first kappa shape index (κ1) is 16.6. The van der Waals surface area contributed by atoms with Crippen LogP contribution < -0.4 is 10.5 Å². The molecule has 1 aromatic carbocycles. The van der Waals surface area contributed by atoms with Gasteiger partial charge in [0, 0.05) is 0 Å². The maximum atomic E-state index is 11.6. The molecule has 3 rings (SSSR count). The lowest BCUT2D eigenvalue weighted by Gasteiger charge is -2.25. The second kappa shape index (κ2) is 6.67. The molecule has 24 heavy (non-hydrogen) atoms. The summed E-state index contributed by atoms with van der Waals surface area (Å²) in [5, 5.41) is 10.1. The molecule has 128 valence electrons. The van der Waals surface area contributed by atoms with E-state index in [1.807, 2.05) is 12.1 Å². The molecule has 0 radical (unpaired) electrons. The van der Waals surface area contributed by atoms with E-state index in [1.54, 1.807) is 6.92 Å². The number of hydrogen-bond donors (Lipinski definition) is 2. The Morgan fingerprint density at radius 3 is 2.67 bits per heavy atom. The fraction of sp³-hybridized carbons (Fsp3) is 0.474. The van der Waals surface area contributed by atoms with Crippen LogP contribution in [0.1, 0.15) is 60.6 Å². The van der Waals surface area contributed by atoms with Crippen LogP contribution in [0.3, 0.4) is 0 Å². The largest absolute Gasteiger partial charge is 0.489 e. The first-order chi connectivity index (χ1) is 11.5.